The Labute approximate surface area is 149 Å². The SMILES string of the molecule is O=C([O-])c1ccc2c(c1)CC1(C2)C(=O)Nc2ncccc21.[Na+]. The number of carboxylic acids is 1. The number of hydrogen-bond donors (Lipinski definition) is 1. The molecule has 2 heterocycles. The van der Waals surface area contributed by atoms with Gasteiger partial charge in [-0.3, -0.25) is 4.79 Å². The number of benzene rings is 1. The number of rotatable bonds is 1. The van der Waals surface area contributed by atoms with E-state index in [-0.39, 0.29) is 41.0 Å². The van der Waals surface area contributed by atoms with Gasteiger partial charge in [0.15, 0.2) is 0 Å². The fraction of sp³-hybridized carbons (Fsp3) is 0.188. The van der Waals surface area contributed by atoms with Gasteiger partial charge in [-0.2, -0.15) is 0 Å². The van der Waals surface area contributed by atoms with Crippen LogP contribution in [0, 0.1) is 0 Å². The Balaban J connectivity index is 0.00000144. The number of anilines is 1. The predicted octanol–water partition coefficient (Wildman–Crippen LogP) is -2.56. The molecule has 5 nitrogen and oxygen atoms in total. The van der Waals surface area contributed by atoms with Crippen LogP contribution in [-0.4, -0.2) is 16.9 Å². The van der Waals surface area contributed by atoms with Crippen LogP contribution in [-0.2, 0) is 23.1 Å². The van der Waals surface area contributed by atoms with Crippen LogP contribution in [0.25, 0.3) is 0 Å². The average molecular weight is 302 g/mol. The van der Waals surface area contributed by atoms with E-state index < -0.39 is 11.4 Å². The van der Waals surface area contributed by atoms with E-state index in [0.29, 0.717) is 18.7 Å². The zero-order valence-electron chi connectivity index (χ0n) is 12.1. The van der Waals surface area contributed by atoms with Crippen LogP contribution in [0.2, 0.25) is 0 Å². The van der Waals surface area contributed by atoms with Crippen molar-refractivity contribution < 1.29 is 44.3 Å². The summed E-state index contributed by atoms with van der Waals surface area (Å²) in [5.41, 5.74) is 2.28. The minimum atomic E-state index is -1.20. The fourth-order valence-corrected chi connectivity index (χ4v) is 3.39. The van der Waals surface area contributed by atoms with E-state index in [1.54, 1.807) is 18.3 Å². The molecule has 0 radical (unpaired) electrons. The first-order chi connectivity index (χ1) is 10.1. The van der Waals surface area contributed by atoms with Gasteiger partial charge in [0.2, 0.25) is 5.91 Å². The molecule has 104 valence electrons. The standard InChI is InChI=1S/C16H12N2O3.Na/c19-14(20)9-3-4-10-7-16(8-11(10)6-9)12-2-1-5-17-13(12)18-15(16)21;/h1-6H,7-8H2,(H,19,20)(H,17,18,21);/q;+1/p-1. The van der Waals surface area contributed by atoms with Crippen LogP contribution in [0.15, 0.2) is 36.5 Å². The molecule has 1 aromatic heterocycles. The molecule has 1 atom stereocenters. The maximum absolute atomic E-state index is 12.5. The van der Waals surface area contributed by atoms with Crippen LogP contribution in [0.3, 0.4) is 0 Å². The summed E-state index contributed by atoms with van der Waals surface area (Å²) in [6.07, 6.45) is 2.71. The number of aromatic carboxylic acids is 1. The number of nitrogens with one attached hydrogen (secondary N) is 1. The molecule has 1 unspecified atom stereocenters. The Morgan fingerprint density at radius 2 is 2.00 bits per heavy atom. The largest absolute Gasteiger partial charge is 1.00 e. The summed E-state index contributed by atoms with van der Waals surface area (Å²) in [6.45, 7) is 0. The van der Waals surface area contributed by atoms with Crippen LogP contribution in [0.5, 0.6) is 0 Å². The van der Waals surface area contributed by atoms with Gasteiger partial charge in [-0.15, -0.1) is 0 Å². The summed E-state index contributed by atoms with van der Waals surface area (Å²) >= 11 is 0. The molecule has 0 saturated carbocycles. The van der Waals surface area contributed by atoms with Gasteiger partial charge in [0, 0.05) is 11.8 Å². The molecule has 1 N–H and O–H groups in total. The van der Waals surface area contributed by atoms with Crippen molar-refractivity contribution in [3.63, 3.8) is 0 Å². The van der Waals surface area contributed by atoms with Crippen LogP contribution < -0.4 is 40.0 Å². The number of fused-ring (bicyclic) bond motifs is 3. The van der Waals surface area contributed by atoms with Gasteiger partial charge in [-0.1, -0.05) is 18.2 Å². The van der Waals surface area contributed by atoms with Gasteiger partial charge in [-0.25, -0.2) is 4.98 Å². The van der Waals surface area contributed by atoms with E-state index >= 15 is 0 Å². The number of aromatic nitrogens is 1. The summed E-state index contributed by atoms with van der Waals surface area (Å²) in [5, 5.41) is 13.8. The maximum Gasteiger partial charge on any atom is 1.00 e. The van der Waals surface area contributed by atoms with Crippen LogP contribution >= 0.6 is 0 Å². The van der Waals surface area contributed by atoms with Gasteiger partial charge in [0.05, 0.1) is 11.4 Å². The molecule has 2 aromatic rings. The molecule has 0 fully saturated rings. The van der Waals surface area contributed by atoms with E-state index in [1.807, 2.05) is 12.1 Å². The van der Waals surface area contributed by atoms with Crippen molar-refractivity contribution in [1.82, 2.24) is 4.98 Å². The summed E-state index contributed by atoms with van der Waals surface area (Å²) < 4.78 is 0. The van der Waals surface area contributed by atoms with Crippen molar-refractivity contribution in [3.8, 4) is 0 Å². The molecule has 4 rings (SSSR count). The Kier molecular flexibility index (Phi) is 3.59. The second-order valence-corrected chi connectivity index (χ2v) is 5.56. The summed E-state index contributed by atoms with van der Waals surface area (Å²) in [4.78, 5) is 27.6. The van der Waals surface area contributed by atoms with E-state index in [4.69, 9.17) is 0 Å². The molecule has 22 heavy (non-hydrogen) atoms. The van der Waals surface area contributed by atoms with E-state index in [1.165, 1.54) is 6.07 Å². The van der Waals surface area contributed by atoms with E-state index in [2.05, 4.69) is 10.3 Å². The van der Waals surface area contributed by atoms with Crippen molar-refractivity contribution >= 4 is 17.7 Å². The van der Waals surface area contributed by atoms with Gasteiger partial charge in [0.25, 0.3) is 0 Å². The minimum Gasteiger partial charge on any atom is -0.545 e. The Hall–Kier alpha value is -1.69. The minimum absolute atomic E-state index is 0. The second-order valence-electron chi connectivity index (χ2n) is 5.56. The average Bonchev–Trinajstić information content (AvgIpc) is 2.98. The summed E-state index contributed by atoms with van der Waals surface area (Å²) in [6, 6.07) is 8.64. The quantitative estimate of drug-likeness (QED) is 0.588. The normalized spacial score (nSPS) is 21.0. The van der Waals surface area contributed by atoms with Gasteiger partial charge < -0.3 is 15.2 Å². The number of nitrogens with zero attached hydrogens (tertiary/aromatic N) is 1. The molecule has 0 bridgehead atoms. The van der Waals surface area contributed by atoms with Crippen molar-refractivity contribution in [2.24, 2.45) is 0 Å². The van der Waals surface area contributed by atoms with E-state index in [0.717, 1.165) is 16.7 Å². The molecule has 6 heteroatoms. The third kappa shape index (κ3) is 2.00. The van der Waals surface area contributed by atoms with Crippen LogP contribution in [0.1, 0.15) is 27.0 Å². The Morgan fingerprint density at radius 3 is 2.77 bits per heavy atom. The molecule has 0 saturated heterocycles. The summed E-state index contributed by atoms with van der Waals surface area (Å²) in [7, 11) is 0. The van der Waals surface area contributed by atoms with E-state index in [9.17, 15) is 14.7 Å². The topological polar surface area (TPSA) is 82.1 Å². The molecule has 1 spiro atoms. The zero-order valence-corrected chi connectivity index (χ0v) is 14.1. The molecule has 2 aliphatic rings. The number of pyridine rings is 1. The molecule has 1 aromatic carbocycles. The van der Waals surface area contributed by atoms with Gasteiger partial charge in [-0.05, 0) is 41.7 Å². The monoisotopic (exact) mass is 302 g/mol. The Bertz CT molecular complexity index is 806. The smallest absolute Gasteiger partial charge is 0.545 e. The second kappa shape index (κ2) is 5.19. The Morgan fingerprint density at radius 1 is 1.23 bits per heavy atom. The molecular weight excluding hydrogens is 291 g/mol. The third-order valence-electron chi connectivity index (χ3n) is 4.42. The molecule has 1 aliphatic carbocycles. The predicted molar refractivity (Wildman–Crippen MR) is 72.7 cm³/mol. The first-order valence-electron chi connectivity index (χ1n) is 6.70. The number of carbonyl (C=O) groups is 2. The first-order valence-corrected chi connectivity index (χ1v) is 6.70. The van der Waals surface area contributed by atoms with Crippen molar-refractivity contribution in [2.45, 2.75) is 18.3 Å². The van der Waals surface area contributed by atoms with Crippen molar-refractivity contribution in [2.75, 3.05) is 5.32 Å². The van der Waals surface area contributed by atoms with Gasteiger partial charge >= 0.3 is 29.6 Å². The van der Waals surface area contributed by atoms with Crippen molar-refractivity contribution in [1.29, 1.82) is 0 Å². The van der Waals surface area contributed by atoms with Gasteiger partial charge in [0.1, 0.15) is 5.82 Å². The maximum atomic E-state index is 12.5. The van der Waals surface area contributed by atoms with Crippen LogP contribution in [0.4, 0.5) is 5.82 Å². The number of carbonyl (C=O) groups excluding carboxylic acids is 2. The number of amides is 1. The first kappa shape index (κ1) is 15.2. The molecule has 1 amide bonds. The summed E-state index contributed by atoms with van der Waals surface area (Å²) in [5.74, 6) is -0.658. The van der Waals surface area contributed by atoms with Crippen molar-refractivity contribution in [3.05, 3.63) is 58.8 Å². The third-order valence-corrected chi connectivity index (χ3v) is 4.42. The molecular formula is C16H11N2NaO3. The zero-order chi connectivity index (χ0) is 14.6. The number of carboxylic acid groups (broad SMARTS) is 1. The fourth-order valence-electron chi connectivity index (χ4n) is 3.39. The molecule has 1 aliphatic heterocycles. The number of hydrogen-bond acceptors (Lipinski definition) is 4.